The van der Waals surface area contributed by atoms with Gasteiger partial charge in [0.2, 0.25) is 5.91 Å². The van der Waals surface area contributed by atoms with E-state index in [1.165, 1.54) is 0 Å². The second-order valence-electron chi connectivity index (χ2n) is 7.67. The zero-order chi connectivity index (χ0) is 19.7. The molecule has 1 aromatic heterocycles. The Balaban J connectivity index is 1.31. The van der Waals surface area contributed by atoms with E-state index < -0.39 is 0 Å². The van der Waals surface area contributed by atoms with Crippen LogP contribution in [-0.4, -0.2) is 42.6 Å². The lowest BCUT2D eigenvalue weighted by molar-refractivity contribution is -0.117. The largest absolute Gasteiger partial charge is 0.493 e. The van der Waals surface area contributed by atoms with Crippen LogP contribution < -0.4 is 14.5 Å². The Labute approximate surface area is 170 Å². The highest BCUT2D eigenvalue weighted by Gasteiger charge is 2.32. The summed E-state index contributed by atoms with van der Waals surface area (Å²) in [5.41, 5.74) is 0.811. The summed E-state index contributed by atoms with van der Waals surface area (Å²) in [4.78, 5) is 25.1. The minimum atomic E-state index is 0.0930. The number of nitrogens with zero attached hydrogens (tertiary/aromatic N) is 4. The van der Waals surface area contributed by atoms with Crippen molar-refractivity contribution in [3.05, 3.63) is 41.3 Å². The number of amides is 1. The molecule has 6 nitrogen and oxygen atoms in total. The third kappa shape index (κ3) is 3.92. The van der Waals surface area contributed by atoms with Gasteiger partial charge in [-0.2, -0.15) is 0 Å². The molecular formula is C21H25ClN4O2. The first-order valence-corrected chi connectivity index (χ1v) is 10.2. The first kappa shape index (κ1) is 19.0. The van der Waals surface area contributed by atoms with E-state index >= 15 is 0 Å². The number of fused-ring (bicyclic) bond motifs is 1. The smallest absolute Gasteiger partial charge is 0.246 e. The molecule has 2 aromatic rings. The standard InChI is InChI=1S/C21H25ClN4O2/c1-3-26-18-11-23-19(24-21(18)25(2)12-20(26)27)9-14-7-15(8-14)13-28-17-6-4-5-16(22)10-17/h4-6,10-11,14-15H,3,7-9,12-13H2,1-2H3. The molecule has 0 spiro atoms. The van der Waals surface area contributed by atoms with Crippen LogP contribution >= 0.6 is 11.6 Å². The maximum atomic E-state index is 12.1. The fraction of sp³-hybridized carbons (Fsp3) is 0.476. The van der Waals surface area contributed by atoms with Gasteiger partial charge in [0.25, 0.3) is 0 Å². The number of hydrogen-bond donors (Lipinski definition) is 0. The van der Waals surface area contributed by atoms with Crippen LogP contribution in [0.2, 0.25) is 5.02 Å². The summed E-state index contributed by atoms with van der Waals surface area (Å²) in [5, 5.41) is 0.696. The normalized spacial score (nSPS) is 21.3. The van der Waals surface area contributed by atoms with Crippen LogP contribution in [0.15, 0.2) is 30.5 Å². The molecule has 0 bridgehead atoms. The zero-order valence-corrected chi connectivity index (χ0v) is 17.0. The molecule has 0 radical (unpaired) electrons. The van der Waals surface area contributed by atoms with Crippen molar-refractivity contribution < 1.29 is 9.53 Å². The van der Waals surface area contributed by atoms with E-state index in [2.05, 4.69) is 4.98 Å². The first-order valence-electron chi connectivity index (χ1n) is 9.79. The number of carbonyl (C=O) groups excluding carboxylic acids is 1. The molecule has 0 atom stereocenters. The van der Waals surface area contributed by atoms with Gasteiger partial charge in [0.05, 0.1) is 19.3 Å². The van der Waals surface area contributed by atoms with Crippen LogP contribution in [0.5, 0.6) is 5.75 Å². The van der Waals surface area contributed by atoms with E-state index in [1.54, 1.807) is 11.1 Å². The number of aromatic nitrogens is 2. The average Bonchev–Trinajstić information content (AvgIpc) is 2.64. The van der Waals surface area contributed by atoms with Gasteiger partial charge in [-0.25, -0.2) is 9.97 Å². The third-order valence-corrected chi connectivity index (χ3v) is 5.76. The fourth-order valence-electron chi connectivity index (χ4n) is 4.02. The van der Waals surface area contributed by atoms with Crippen molar-refractivity contribution in [1.82, 2.24) is 9.97 Å². The number of rotatable bonds is 6. The van der Waals surface area contributed by atoms with Crippen LogP contribution in [0.1, 0.15) is 25.6 Å². The predicted molar refractivity (Wildman–Crippen MR) is 110 cm³/mol. The van der Waals surface area contributed by atoms with Gasteiger partial charge in [0, 0.05) is 25.0 Å². The Bertz CT molecular complexity index is 869. The quantitative estimate of drug-likeness (QED) is 0.741. The van der Waals surface area contributed by atoms with Crippen LogP contribution in [-0.2, 0) is 11.2 Å². The lowest BCUT2D eigenvalue weighted by Gasteiger charge is -2.36. The highest BCUT2D eigenvalue weighted by atomic mass is 35.5. The SMILES string of the molecule is CCN1C(=O)CN(C)c2nc(CC3CC(COc4cccc(Cl)c4)C3)ncc21. The Hall–Kier alpha value is -2.34. The number of halogens is 1. The van der Waals surface area contributed by atoms with Gasteiger partial charge in [0.1, 0.15) is 17.3 Å². The second-order valence-corrected chi connectivity index (χ2v) is 8.10. The summed E-state index contributed by atoms with van der Waals surface area (Å²) in [6.45, 7) is 3.70. The number of likely N-dealkylation sites (N-methyl/N-ethyl adjacent to an activating group) is 2. The van der Waals surface area contributed by atoms with Gasteiger partial charge >= 0.3 is 0 Å². The van der Waals surface area contributed by atoms with E-state index in [-0.39, 0.29) is 5.91 Å². The van der Waals surface area contributed by atoms with Gasteiger partial charge in [-0.05, 0) is 49.8 Å². The van der Waals surface area contributed by atoms with Crippen LogP contribution in [0.3, 0.4) is 0 Å². The maximum Gasteiger partial charge on any atom is 0.246 e. The van der Waals surface area contributed by atoms with Crippen LogP contribution in [0, 0.1) is 11.8 Å². The summed E-state index contributed by atoms with van der Waals surface area (Å²) in [6, 6.07) is 7.53. The van der Waals surface area contributed by atoms with Gasteiger partial charge in [-0.3, -0.25) is 4.79 Å². The van der Waals surface area contributed by atoms with E-state index in [1.807, 2.05) is 43.1 Å². The Morgan fingerprint density at radius 2 is 2.11 bits per heavy atom. The first-order chi connectivity index (χ1) is 13.5. The van der Waals surface area contributed by atoms with Crippen molar-refractivity contribution in [2.24, 2.45) is 11.8 Å². The molecule has 1 fully saturated rings. The van der Waals surface area contributed by atoms with Gasteiger partial charge in [-0.1, -0.05) is 17.7 Å². The van der Waals surface area contributed by atoms with Crippen molar-refractivity contribution in [2.75, 3.05) is 36.5 Å². The monoisotopic (exact) mass is 400 g/mol. The van der Waals surface area contributed by atoms with Gasteiger partial charge in [-0.15, -0.1) is 0 Å². The van der Waals surface area contributed by atoms with Gasteiger partial charge < -0.3 is 14.5 Å². The maximum absolute atomic E-state index is 12.1. The van der Waals surface area contributed by atoms with Crippen LogP contribution in [0.25, 0.3) is 0 Å². The molecule has 28 heavy (non-hydrogen) atoms. The van der Waals surface area contributed by atoms with E-state index in [4.69, 9.17) is 21.3 Å². The summed E-state index contributed by atoms with van der Waals surface area (Å²) in [5.74, 6) is 3.78. The highest BCUT2D eigenvalue weighted by molar-refractivity contribution is 6.30. The Morgan fingerprint density at radius 1 is 1.29 bits per heavy atom. The minimum Gasteiger partial charge on any atom is -0.493 e. The number of benzene rings is 1. The third-order valence-electron chi connectivity index (χ3n) is 5.53. The van der Waals surface area contributed by atoms with Crippen molar-refractivity contribution in [3.63, 3.8) is 0 Å². The molecule has 7 heteroatoms. The molecule has 148 valence electrons. The molecule has 4 rings (SSSR count). The lowest BCUT2D eigenvalue weighted by atomic mass is 9.73. The minimum absolute atomic E-state index is 0.0930. The Kier molecular flexibility index (Phi) is 5.40. The topological polar surface area (TPSA) is 58.6 Å². The number of ether oxygens (including phenoxy) is 1. The average molecular weight is 401 g/mol. The number of hydrogen-bond acceptors (Lipinski definition) is 5. The van der Waals surface area contributed by atoms with Crippen molar-refractivity contribution >= 4 is 29.0 Å². The summed E-state index contributed by atoms with van der Waals surface area (Å²) >= 11 is 5.99. The molecule has 2 aliphatic rings. The van der Waals surface area contributed by atoms with Crippen molar-refractivity contribution in [3.8, 4) is 5.75 Å². The fourth-order valence-corrected chi connectivity index (χ4v) is 4.20. The van der Waals surface area contributed by atoms with E-state index in [0.717, 1.165) is 48.9 Å². The molecule has 0 unspecified atom stereocenters. The summed E-state index contributed by atoms with van der Waals surface area (Å²) in [7, 11) is 1.91. The Morgan fingerprint density at radius 3 is 2.86 bits per heavy atom. The lowest BCUT2D eigenvalue weighted by Crippen LogP contribution is -2.45. The van der Waals surface area contributed by atoms with Gasteiger partial charge in [0.15, 0.2) is 5.82 Å². The van der Waals surface area contributed by atoms with E-state index in [9.17, 15) is 4.79 Å². The molecule has 1 aromatic carbocycles. The summed E-state index contributed by atoms with van der Waals surface area (Å²) < 4.78 is 5.85. The molecule has 1 aliphatic heterocycles. The van der Waals surface area contributed by atoms with Crippen LogP contribution in [0.4, 0.5) is 11.5 Å². The highest BCUT2D eigenvalue weighted by Crippen LogP contribution is 2.37. The molecule has 0 N–H and O–H groups in total. The predicted octanol–water partition coefficient (Wildman–Crippen LogP) is 3.58. The van der Waals surface area contributed by atoms with Crippen molar-refractivity contribution in [1.29, 1.82) is 0 Å². The molecule has 1 amide bonds. The van der Waals surface area contributed by atoms with Crippen molar-refractivity contribution in [2.45, 2.75) is 26.2 Å². The molecule has 1 saturated carbocycles. The van der Waals surface area contributed by atoms with E-state index in [0.29, 0.717) is 29.9 Å². The summed E-state index contributed by atoms with van der Waals surface area (Å²) in [6.07, 6.45) is 4.91. The zero-order valence-electron chi connectivity index (χ0n) is 16.3. The second kappa shape index (κ2) is 7.95. The number of carbonyl (C=O) groups is 1. The molecular weight excluding hydrogens is 376 g/mol. The molecule has 1 aliphatic carbocycles. The molecule has 2 heterocycles. The molecule has 0 saturated heterocycles. The number of anilines is 2.